The standard InChI is InChI=1S/C10H20BClO3/c1-6-8(12)7-11(14)15-10(4,5)9(2,3)13/h6,13-14H,7H2,1-5H3/b8-6-. The number of hydrogen-bond acceptors (Lipinski definition) is 3. The van der Waals surface area contributed by atoms with Crippen molar-refractivity contribution in [1.82, 2.24) is 0 Å². The molecule has 0 aliphatic carbocycles. The average molecular weight is 235 g/mol. The summed E-state index contributed by atoms with van der Waals surface area (Å²) in [6.45, 7) is 8.50. The molecule has 0 aromatic heterocycles. The Hall–Kier alpha value is -0.0251. The summed E-state index contributed by atoms with van der Waals surface area (Å²) in [5.74, 6) is 0. The van der Waals surface area contributed by atoms with Crippen molar-refractivity contribution >= 4 is 18.7 Å². The molecule has 0 spiro atoms. The summed E-state index contributed by atoms with van der Waals surface area (Å²) in [5.41, 5.74) is -1.87. The first-order valence-electron chi connectivity index (χ1n) is 4.99. The molecule has 0 fully saturated rings. The molecule has 3 nitrogen and oxygen atoms in total. The Labute approximate surface area is 97.2 Å². The zero-order valence-electron chi connectivity index (χ0n) is 10.0. The van der Waals surface area contributed by atoms with Gasteiger partial charge in [0.2, 0.25) is 0 Å². The largest absolute Gasteiger partial charge is 0.460 e. The topological polar surface area (TPSA) is 49.7 Å². The highest BCUT2D eigenvalue weighted by atomic mass is 35.5. The van der Waals surface area contributed by atoms with Crippen LogP contribution in [0, 0.1) is 0 Å². The fourth-order valence-electron chi connectivity index (χ4n) is 0.811. The van der Waals surface area contributed by atoms with E-state index in [1.165, 1.54) is 0 Å². The van der Waals surface area contributed by atoms with E-state index in [1.807, 2.05) is 0 Å². The van der Waals surface area contributed by atoms with E-state index in [0.717, 1.165) is 0 Å². The first-order valence-corrected chi connectivity index (χ1v) is 5.37. The lowest BCUT2D eigenvalue weighted by molar-refractivity contribution is -0.0997. The molecule has 2 N–H and O–H groups in total. The summed E-state index contributed by atoms with van der Waals surface area (Å²) in [7, 11) is -1.00. The molecule has 0 aromatic carbocycles. The zero-order valence-corrected chi connectivity index (χ0v) is 10.8. The third-order valence-corrected chi connectivity index (χ3v) is 2.96. The van der Waals surface area contributed by atoms with Crippen LogP contribution in [0.15, 0.2) is 11.1 Å². The Morgan fingerprint density at radius 1 is 1.40 bits per heavy atom. The van der Waals surface area contributed by atoms with Gasteiger partial charge in [0.05, 0.1) is 11.2 Å². The van der Waals surface area contributed by atoms with Crippen molar-refractivity contribution < 1.29 is 14.8 Å². The van der Waals surface area contributed by atoms with Gasteiger partial charge in [-0.3, -0.25) is 0 Å². The van der Waals surface area contributed by atoms with Crippen LogP contribution in [-0.4, -0.2) is 28.5 Å². The fraction of sp³-hybridized carbons (Fsp3) is 0.800. The van der Waals surface area contributed by atoms with Gasteiger partial charge in [-0.05, 0) is 34.6 Å². The van der Waals surface area contributed by atoms with Crippen LogP contribution in [0.2, 0.25) is 6.32 Å². The lowest BCUT2D eigenvalue weighted by atomic mass is 9.80. The Balaban J connectivity index is 4.35. The van der Waals surface area contributed by atoms with Crippen molar-refractivity contribution in [3.63, 3.8) is 0 Å². The first-order chi connectivity index (χ1) is 6.60. The zero-order chi connectivity index (χ0) is 12.3. The minimum atomic E-state index is -1.03. The number of rotatable bonds is 5. The quantitative estimate of drug-likeness (QED) is 0.717. The molecule has 15 heavy (non-hydrogen) atoms. The van der Waals surface area contributed by atoms with Crippen LogP contribution in [0.4, 0.5) is 0 Å². The molecule has 0 aromatic rings. The van der Waals surface area contributed by atoms with E-state index >= 15 is 0 Å². The SMILES string of the molecule is C/C=C(\Cl)CB(O)OC(C)(C)C(C)(C)O. The van der Waals surface area contributed by atoms with Gasteiger partial charge >= 0.3 is 7.12 Å². The maximum Gasteiger partial charge on any atom is 0.460 e. The Morgan fingerprint density at radius 3 is 2.20 bits per heavy atom. The predicted molar refractivity (Wildman–Crippen MR) is 63.9 cm³/mol. The molecule has 0 saturated carbocycles. The van der Waals surface area contributed by atoms with Crippen molar-refractivity contribution in [2.45, 2.75) is 52.1 Å². The summed E-state index contributed by atoms with van der Waals surface area (Å²) in [6, 6.07) is 0. The van der Waals surface area contributed by atoms with Crippen LogP contribution in [0.25, 0.3) is 0 Å². The first kappa shape index (κ1) is 15.0. The van der Waals surface area contributed by atoms with Crippen LogP contribution in [0.3, 0.4) is 0 Å². The molecule has 0 saturated heterocycles. The molecule has 0 aliphatic heterocycles. The van der Waals surface area contributed by atoms with Gasteiger partial charge in [-0.1, -0.05) is 17.7 Å². The Morgan fingerprint density at radius 2 is 1.87 bits per heavy atom. The summed E-state index contributed by atoms with van der Waals surface area (Å²) in [6.07, 6.45) is 1.93. The monoisotopic (exact) mass is 234 g/mol. The molecular formula is C10H20BClO3. The number of hydrogen-bond donors (Lipinski definition) is 2. The van der Waals surface area contributed by atoms with Gasteiger partial charge in [0.25, 0.3) is 0 Å². The lowest BCUT2D eigenvalue weighted by Gasteiger charge is -2.38. The maximum absolute atomic E-state index is 9.80. The van der Waals surface area contributed by atoms with E-state index in [1.54, 1.807) is 40.7 Å². The third kappa shape index (κ3) is 5.02. The van der Waals surface area contributed by atoms with Crippen LogP contribution < -0.4 is 0 Å². The second kappa shape index (κ2) is 5.35. The van der Waals surface area contributed by atoms with E-state index < -0.39 is 18.3 Å². The van der Waals surface area contributed by atoms with E-state index in [-0.39, 0.29) is 6.32 Å². The maximum atomic E-state index is 9.80. The Kier molecular flexibility index (Phi) is 5.34. The van der Waals surface area contributed by atoms with Gasteiger partial charge in [-0.25, -0.2) is 0 Å². The van der Waals surface area contributed by atoms with Gasteiger partial charge in [0, 0.05) is 11.4 Å². The van der Waals surface area contributed by atoms with Crippen LogP contribution in [-0.2, 0) is 4.65 Å². The highest BCUT2D eigenvalue weighted by Gasteiger charge is 2.38. The highest BCUT2D eigenvalue weighted by molar-refractivity contribution is 6.47. The molecule has 0 aliphatic rings. The summed E-state index contributed by atoms with van der Waals surface area (Å²) >= 11 is 5.76. The summed E-state index contributed by atoms with van der Waals surface area (Å²) in [5, 5.41) is 19.9. The van der Waals surface area contributed by atoms with Gasteiger partial charge in [-0.2, -0.15) is 0 Å². The molecule has 0 radical (unpaired) electrons. The fourth-order valence-corrected chi connectivity index (χ4v) is 0.943. The van der Waals surface area contributed by atoms with Crippen molar-refractivity contribution in [1.29, 1.82) is 0 Å². The van der Waals surface area contributed by atoms with Gasteiger partial charge in [-0.15, -0.1) is 0 Å². The molecule has 0 amide bonds. The second-order valence-electron chi connectivity index (χ2n) is 4.58. The van der Waals surface area contributed by atoms with Crippen LogP contribution in [0.5, 0.6) is 0 Å². The van der Waals surface area contributed by atoms with Crippen LogP contribution >= 0.6 is 11.6 Å². The van der Waals surface area contributed by atoms with Crippen molar-refractivity contribution in [2.24, 2.45) is 0 Å². The Bertz CT molecular complexity index is 233. The van der Waals surface area contributed by atoms with E-state index in [0.29, 0.717) is 5.03 Å². The molecule has 0 atom stereocenters. The number of allylic oxidation sites excluding steroid dienone is 2. The second-order valence-corrected chi connectivity index (χ2v) is 5.07. The minimum absolute atomic E-state index is 0.234. The van der Waals surface area contributed by atoms with Gasteiger partial charge < -0.3 is 14.8 Å². The normalized spacial score (nSPS) is 14.3. The van der Waals surface area contributed by atoms with Crippen molar-refractivity contribution in [3.8, 4) is 0 Å². The van der Waals surface area contributed by atoms with E-state index in [2.05, 4.69) is 0 Å². The molecule has 0 bridgehead atoms. The molecule has 88 valence electrons. The summed E-state index contributed by atoms with van der Waals surface area (Å²) < 4.78 is 5.36. The summed E-state index contributed by atoms with van der Waals surface area (Å²) in [4.78, 5) is 0. The molecule has 0 heterocycles. The van der Waals surface area contributed by atoms with Crippen LogP contribution in [0.1, 0.15) is 34.6 Å². The molecule has 5 heteroatoms. The van der Waals surface area contributed by atoms with Crippen molar-refractivity contribution in [2.75, 3.05) is 0 Å². The smallest absolute Gasteiger partial charge is 0.427 e. The van der Waals surface area contributed by atoms with E-state index in [9.17, 15) is 10.1 Å². The molecule has 0 unspecified atom stereocenters. The van der Waals surface area contributed by atoms with Crippen molar-refractivity contribution in [3.05, 3.63) is 11.1 Å². The third-order valence-electron chi connectivity index (χ3n) is 2.59. The van der Waals surface area contributed by atoms with Gasteiger partial charge in [0.1, 0.15) is 0 Å². The number of halogens is 1. The molecular weight excluding hydrogens is 214 g/mol. The number of aliphatic hydroxyl groups is 1. The highest BCUT2D eigenvalue weighted by Crippen LogP contribution is 2.26. The predicted octanol–water partition coefficient (Wildman–Crippen LogP) is 2.18. The minimum Gasteiger partial charge on any atom is -0.427 e. The average Bonchev–Trinajstić information content (AvgIpc) is 2.00. The van der Waals surface area contributed by atoms with Gasteiger partial charge in [0.15, 0.2) is 0 Å². The van der Waals surface area contributed by atoms with E-state index in [4.69, 9.17) is 16.3 Å². The lowest BCUT2D eigenvalue weighted by Crippen LogP contribution is -2.50. The molecule has 0 rings (SSSR count).